The second-order valence-electron chi connectivity index (χ2n) is 8.11. The van der Waals surface area contributed by atoms with Gasteiger partial charge in [0.2, 0.25) is 0 Å². The average Bonchev–Trinajstić information content (AvgIpc) is 3.05. The van der Waals surface area contributed by atoms with Crippen LogP contribution in [0.4, 0.5) is 17.5 Å². The summed E-state index contributed by atoms with van der Waals surface area (Å²) in [5.41, 5.74) is 21.3. The zero-order valence-electron chi connectivity index (χ0n) is 16.8. The predicted molar refractivity (Wildman–Crippen MR) is 123 cm³/mol. The molecule has 1 aliphatic carbocycles. The zero-order chi connectivity index (χ0) is 21.6. The van der Waals surface area contributed by atoms with Crippen molar-refractivity contribution >= 4 is 40.8 Å². The first-order valence-corrected chi connectivity index (χ1v) is 11.3. The van der Waals surface area contributed by atoms with E-state index in [9.17, 15) is 0 Å². The minimum atomic E-state index is 0.0557. The van der Waals surface area contributed by atoms with E-state index in [1.807, 2.05) is 12.4 Å². The van der Waals surface area contributed by atoms with E-state index in [4.69, 9.17) is 28.8 Å². The highest BCUT2D eigenvalue weighted by atomic mass is 35.5. The molecule has 1 saturated heterocycles. The molecule has 160 valence electrons. The second kappa shape index (κ2) is 7.81. The third-order valence-corrected chi connectivity index (χ3v) is 7.98. The Labute approximate surface area is 189 Å². The lowest BCUT2D eigenvalue weighted by Crippen LogP contribution is -2.44. The van der Waals surface area contributed by atoms with Crippen molar-refractivity contribution in [3.8, 4) is 0 Å². The fourth-order valence-electron chi connectivity index (χ4n) is 4.61. The Morgan fingerprint density at radius 2 is 1.87 bits per heavy atom. The van der Waals surface area contributed by atoms with Crippen LogP contribution in [0.1, 0.15) is 30.0 Å². The maximum absolute atomic E-state index is 6.66. The molecule has 0 aromatic carbocycles. The Balaban J connectivity index is 1.29. The number of halogens is 1. The smallest absolute Gasteiger partial charge is 0.158 e. The lowest BCUT2D eigenvalue weighted by atomic mass is 9.73. The molecule has 6 N–H and O–H groups in total. The van der Waals surface area contributed by atoms with Crippen molar-refractivity contribution in [3.05, 3.63) is 53.1 Å². The molecule has 1 atom stereocenters. The number of anilines is 3. The first-order valence-electron chi connectivity index (χ1n) is 10.1. The van der Waals surface area contributed by atoms with Crippen molar-refractivity contribution in [2.45, 2.75) is 35.2 Å². The van der Waals surface area contributed by atoms with Gasteiger partial charge in [0.1, 0.15) is 16.7 Å². The lowest BCUT2D eigenvalue weighted by Gasteiger charge is -2.42. The van der Waals surface area contributed by atoms with Gasteiger partial charge >= 0.3 is 0 Å². The number of aromatic nitrogens is 4. The van der Waals surface area contributed by atoms with Crippen molar-refractivity contribution < 1.29 is 0 Å². The highest BCUT2D eigenvalue weighted by molar-refractivity contribution is 7.99. The fourth-order valence-corrected chi connectivity index (χ4v) is 5.63. The van der Waals surface area contributed by atoms with Gasteiger partial charge < -0.3 is 22.1 Å². The summed E-state index contributed by atoms with van der Waals surface area (Å²) < 4.78 is 0. The van der Waals surface area contributed by atoms with Gasteiger partial charge in [0, 0.05) is 42.6 Å². The molecule has 0 saturated carbocycles. The molecular weight excluding hydrogens is 432 g/mol. The summed E-state index contributed by atoms with van der Waals surface area (Å²) in [4.78, 5) is 20.4. The summed E-state index contributed by atoms with van der Waals surface area (Å²) in [5, 5.41) is 0.980. The van der Waals surface area contributed by atoms with Crippen LogP contribution in [0.25, 0.3) is 0 Å². The van der Waals surface area contributed by atoms with Crippen molar-refractivity contribution in [1.29, 1.82) is 0 Å². The number of nitrogens with two attached hydrogens (primary N) is 3. The van der Waals surface area contributed by atoms with Gasteiger partial charge in [-0.3, -0.25) is 4.98 Å². The van der Waals surface area contributed by atoms with Gasteiger partial charge in [-0.25, -0.2) is 15.0 Å². The predicted octanol–water partition coefficient (Wildman–Crippen LogP) is 3.08. The molecule has 10 heteroatoms. The number of nitrogen functional groups attached to an aromatic ring is 2. The number of piperidine rings is 1. The Morgan fingerprint density at radius 3 is 2.61 bits per heavy atom. The van der Waals surface area contributed by atoms with Crippen molar-refractivity contribution in [2.24, 2.45) is 11.1 Å². The zero-order valence-corrected chi connectivity index (χ0v) is 18.4. The molecule has 1 fully saturated rings. The van der Waals surface area contributed by atoms with Crippen molar-refractivity contribution in [2.75, 3.05) is 29.5 Å². The molecule has 0 radical (unpaired) electrons. The van der Waals surface area contributed by atoms with Crippen molar-refractivity contribution in [1.82, 2.24) is 19.9 Å². The van der Waals surface area contributed by atoms with Gasteiger partial charge in [0.05, 0.1) is 11.2 Å². The SMILES string of the molecule is Nc1nc(N2CCC3(CC2)Cc2cnccc2[C@H]3N)cnc1Sc1ccnc(N)c1Cl. The largest absolute Gasteiger partial charge is 0.382 e. The minimum Gasteiger partial charge on any atom is -0.382 e. The van der Waals surface area contributed by atoms with E-state index in [0.29, 0.717) is 15.9 Å². The van der Waals surface area contributed by atoms with Crippen LogP contribution >= 0.6 is 23.4 Å². The Hall–Kier alpha value is -2.62. The van der Waals surface area contributed by atoms with E-state index >= 15 is 0 Å². The number of pyridine rings is 2. The molecular formula is C21H23ClN8S. The Kier molecular flexibility index (Phi) is 5.11. The first kappa shape index (κ1) is 20.3. The molecule has 4 heterocycles. The number of rotatable bonds is 3. The third kappa shape index (κ3) is 3.56. The van der Waals surface area contributed by atoms with Crippen LogP contribution < -0.4 is 22.1 Å². The number of hydrogen-bond donors (Lipinski definition) is 3. The van der Waals surface area contributed by atoms with Crippen LogP contribution in [0.5, 0.6) is 0 Å². The molecule has 3 aromatic heterocycles. The maximum Gasteiger partial charge on any atom is 0.158 e. The normalized spacial score (nSPS) is 19.5. The number of hydrogen-bond acceptors (Lipinski definition) is 9. The molecule has 1 spiro atoms. The maximum atomic E-state index is 6.66. The molecule has 3 aromatic rings. The van der Waals surface area contributed by atoms with Crippen LogP contribution in [0, 0.1) is 5.41 Å². The van der Waals surface area contributed by atoms with Gasteiger partial charge in [-0.2, -0.15) is 0 Å². The van der Waals surface area contributed by atoms with E-state index in [1.165, 1.54) is 22.9 Å². The van der Waals surface area contributed by atoms with Crippen LogP contribution in [0.2, 0.25) is 5.02 Å². The highest BCUT2D eigenvalue weighted by Gasteiger charge is 2.46. The summed E-state index contributed by atoms with van der Waals surface area (Å²) in [7, 11) is 0. The fraction of sp³-hybridized carbons (Fsp3) is 0.333. The van der Waals surface area contributed by atoms with Crippen LogP contribution in [-0.4, -0.2) is 33.0 Å². The first-order chi connectivity index (χ1) is 15.0. The standard InChI is InChI=1S/C21H23ClN8S/c22-16-14(2-6-27-18(16)24)31-20-19(25)29-15(11-28-20)30-7-3-21(4-8-30)9-12-10-26-5-1-13(12)17(21)23/h1-2,5-6,10-11,17H,3-4,7-9,23H2,(H2,24,27)(H2,25,29)/t17-/m1/s1. The molecule has 0 amide bonds. The summed E-state index contributed by atoms with van der Waals surface area (Å²) in [6.45, 7) is 1.73. The van der Waals surface area contributed by atoms with Gasteiger partial charge in [-0.05, 0) is 47.9 Å². The quantitative estimate of drug-likeness (QED) is 0.545. The van der Waals surface area contributed by atoms with E-state index < -0.39 is 0 Å². The average molecular weight is 455 g/mol. The third-order valence-electron chi connectivity index (χ3n) is 6.40. The monoisotopic (exact) mass is 454 g/mol. The molecule has 2 aliphatic rings. The summed E-state index contributed by atoms with van der Waals surface area (Å²) in [6.07, 6.45) is 10.1. The lowest BCUT2D eigenvalue weighted by molar-refractivity contribution is 0.187. The highest BCUT2D eigenvalue weighted by Crippen LogP contribution is 2.50. The molecule has 5 rings (SSSR count). The molecule has 31 heavy (non-hydrogen) atoms. The minimum absolute atomic E-state index is 0.0557. The van der Waals surface area contributed by atoms with E-state index in [1.54, 1.807) is 18.5 Å². The Morgan fingerprint density at radius 1 is 1.06 bits per heavy atom. The van der Waals surface area contributed by atoms with Crippen molar-refractivity contribution in [3.63, 3.8) is 0 Å². The van der Waals surface area contributed by atoms with E-state index in [0.717, 1.165) is 43.1 Å². The van der Waals surface area contributed by atoms with Gasteiger partial charge in [-0.15, -0.1) is 0 Å². The van der Waals surface area contributed by atoms with Crippen LogP contribution in [0.15, 0.2) is 46.8 Å². The molecule has 8 nitrogen and oxygen atoms in total. The number of nitrogens with zero attached hydrogens (tertiary/aromatic N) is 5. The van der Waals surface area contributed by atoms with E-state index in [-0.39, 0.29) is 17.3 Å². The summed E-state index contributed by atoms with van der Waals surface area (Å²) >= 11 is 7.56. The van der Waals surface area contributed by atoms with Crippen LogP contribution in [-0.2, 0) is 6.42 Å². The summed E-state index contributed by atoms with van der Waals surface area (Å²) in [5.74, 6) is 1.42. The molecule has 1 aliphatic heterocycles. The molecule has 0 bridgehead atoms. The van der Waals surface area contributed by atoms with E-state index in [2.05, 4.69) is 30.9 Å². The number of fused-ring (bicyclic) bond motifs is 1. The Bertz CT molecular complexity index is 1130. The molecule has 0 unspecified atom stereocenters. The van der Waals surface area contributed by atoms with Gasteiger partial charge in [0.25, 0.3) is 0 Å². The summed E-state index contributed by atoms with van der Waals surface area (Å²) in [6, 6.07) is 3.90. The van der Waals surface area contributed by atoms with Gasteiger partial charge in [-0.1, -0.05) is 23.4 Å². The van der Waals surface area contributed by atoms with Gasteiger partial charge in [0.15, 0.2) is 5.82 Å². The van der Waals surface area contributed by atoms with Crippen LogP contribution in [0.3, 0.4) is 0 Å². The second-order valence-corrected chi connectivity index (χ2v) is 9.52. The topological polar surface area (TPSA) is 133 Å².